The van der Waals surface area contributed by atoms with E-state index in [1.165, 1.54) is 25.3 Å². The average Bonchev–Trinajstić information content (AvgIpc) is 2.91. The number of halogens is 3. The Kier molecular flexibility index (Phi) is 7.48. The van der Waals surface area contributed by atoms with E-state index in [4.69, 9.17) is 0 Å². The fourth-order valence-corrected chi connectivity index (χ4v) is 3.66. The van der Waals surface area contributed by atoms with Gasteiger partial charge in [-0.15, -0.1) is 0 Å². The van der Waals surface area contributed by atoms with Gasteiger partial charge in [0.25, 0.3) is 5.91 Å². The standard InChI is InChI=1S/C29H22F3N3O2/c1-35(23-11-7-10-22(19-23)29(30,31)32)28(37)21-9-6-8-20(18-21)15-16-27(36)34-26-14-3-2-12-24(26)25-13-4-5-17-33-25/h2-19H,1H3,(H,34,36). The molecule has 1 N–H and O–H groups in total. The van der Waals surface area contributed by atoms with Crippen LogP contribution in [0.5, 0.6) is 0 Å². The Morgan fingerprint density at radius 1 is 0.892 bits per heavy atom. The summed E-state index contributed by atoms with van der Waals surface area (Å²) >= 11 is 0. The number of amides is 2. The maximum atomic E-state index is 13.1. The number of para-hydroxylation sites is 1. The van der Waals surface area contributed by atoms with Crippen molar-refractivity contribution in [2.24, 2.45) is 0 Å². The molecule has 186 valence electrons. The first-order valence-corrected chi connectivity index (χ1v) is 11.3. The van der Waals surface area contributed by atoms with Crippen molar-refractivity contribution in [3.8, 4) is 11.3 Å². The topological polar surface area (TPSA) is 62.3 Å². The minimum Gasteiger partial charge on any atom is -0.322 e. The first kappa shape index (κ1) is 25.4. The Morgan fingerprint density at radius 3 is 2.41 bits per heavy atom. The van der Waals surface area contributed by atoms with E-state index in [1.54, 1.807) is 42.6 Å². The van der Waals surface area contributed by atoms with Crippen LogP contribution in [0.15, 0.2) is 103 Å². The number of hydrogen-bond acceptors (Lipinski definition) is 3. The summed E-state index contributed by atoms with van der Waals surface area (Å²) in [7, 11) is 1.41. The van der Waals surface area contributed by atoms with Gasteiger partial charge in [-0.2, -0.15) is 13.2 Å². The molecule has 0 fully saturated rings. The lowest BCUT2D eigenvalue weighted by Crippen LogP contribution is -2.26. The summed E-state index contributed by atoms with van der Waals surface area (Å²) in [6.45, 7) is 0. The van der Waals surface area contributed by atoms with Gasteiger partial charge in [-0.25, -0.2) is 0 Å². The highest BCUT2D eigenvalue weighted by Gasteiger charge is 2.31. The first-order chi connectivity index (χ1) is 17.7. The molecule has 0 atom stereocenters. The fourth-order valence-electron chi connectivity index (χ4n) is 3.66. The lowest BCUT2D eigenvalue weighted by molar-refractivity contribution is -0.137. The summed E-state index contributed by atoms with van der Waals surface area (Å²) in [4.78, 5) is 31.0. The number of rotatable bonds is 6. The predicted molar refractivity (Wildman–Crippen MR) is 138 cm³/mol. The van der Waals surface area contributed by atoms with E-state index >= 15 is 0 Å². The summed E-state index contributed by atoms with van der Waals surface area (Å²) in [5.41, 5.74) is 2.22. The Bertz CT molecular complexity index is 1450. The molecule has 0 aliphatic rings. The van der Waals surface area contributed by atoms with E-state index in [-0.39, 0.29) is 17.2 Å². The molecule has 0 aliphatic heterocycles. The third kappa shape index (κ3) is 6.29. The molecule has 4 rings (SSSR count). The zero-order valence-electron chi connectivity index (χ0n) is 19.7. The predicted octanol–water partition coefficient (Wildman–Crippen LogP) is 6.70. The Balaban J connectivity index is 1.48. The number of nitrogens with one attached hydrogen (secondary N) is 1. The molecule has 0 saturated heterocycles. The van der Waals surface area contributed by atoms with Gasteiger partial charge in [-0.3, -0.25) is 14.6 Å². The van der Waals surface area contributed by atoms with E-state index in [0.29, 0.717) is 11.3 Å². The molecule has 3 aromatic carbocycles. The van der Waals surface area contributed by atoms with Gasteiger partial charge in [0.2, 0.25) is 5.91 Å². The van der Waals surface area contributed by atoms with Gasteiger partial charge < -0.3 is 10.2 Å². The molecule has 0 aliphatic carbocycles. The molecule has 1 heterocycles. The van der Waals surface area contributed by atoms with Crippen LogP contribution in [-0.4, -0.2) is 23.8 Å². The quantitative estimate of drug-likeness (QED) is 0.299. The molecule has 5 nitrogen and oxygen atoms in total. The molecule has 37 heavy (non-hydrogen) atoms. The lowest BCUT2D eigenvalue weighted by Gasteiger charge is -2.19. The number of nitrogens with zero attached hydrogens (tertiary/aromatic N) is 2. The van der Waals surface area contributed by atoms with E-state index in [2.05, 4.69) is 10.3 Å². The van der Waals surface area contributed by atoms with Crippen LogP contribution in [0.4, 0.5) is 24.5 Å². The molecule has 2 amide bonds. The summed E-state index contributed by atoms with van der Waals surface area (Å²) in [6, 6.07) is 23.9. The van der Waals surface area contributed by atoms with Gasteiger partial charge in [0.05, 0.1) is 16.9 Å². The zero-order valence-corrected chi connectivity index (χ0v) is 19.7. The van der Waals surface area contributed by atoms with Crippen LogP contribution < -0.4 is 10.2 Å². The van der Waals surface area contributed by atoms with Crippen molar-refractivity contribution >= 4 is 29.3 Å². The van der Waals surface area contributed by atoms with Crippen LogP contribution in [0.1, 0.15) is 21.5 Å². The van der Waals surface area contributed by atoms with Gasteiger partial charge in [-0.05, 0) is 60.2 Å². The molecule has 8 heteroatoms. The molecule has 0 saturated carbocycles. The van der Waals surface area contributed by atoms with Gasteiger partial charge in [0.15, 0.2) is 0 Å². The number of benzene rings is 3. The molecule has 0 unspecified atom stereocenters. The average molecular weight is 502 g/mol. The number of anilines is 2. The Morgan fingerprint density at radius 2 is 1.65 bits per heavy atom. The second-order valence-electron chi connectivity index (χ2n) is 8.12. The second-order valence-corrected chi connectivity index (χ2v) is 8.12. The number of aromatic nitrogens is 1. The van der Waals surface area contributed by atoms with Crippen molar-refractivity contribution in [1.29, 1.82) is 0 Å². The summed E-state index contributed by atoms with van der Waals surface area (Å²) < 4.78 is 39.2. The van der Waals surface area contributed by atoms with Crippen molar-refractivity contribution in [3.05, 3.63) is 120 Å². The van der Waals surface area contributed by atoms with E-state index < -0.39 is 17.6 Å². The van der Waals surface area contributed by atoms with Crippen LogP contribution in [0.2, 0.25) is 0 Å². The van der Waals surface area contributed by atoms with E-state index in [1.807, 2.05) is 36.4 Å². The minimum absolute atomic E-state index is 0.117. The van der Waals surface area contributed by atoms with Crippen LogP contribution in [-0.2, 0) is 11.0 Å². The normalized spacial score (nSPS) is 11.4. The van der Waals surface area contributed by atoms with Crippen molar-refractivity contribution in [1.82, 2.24) is 4.98 Å². The van der Waals surface area contributed by atoms with Crippen molar-refractivity contribution < 1.29 is 22.8 Å². The molecular weight excluding hydrogens is 479 g/mol. The fraction of sp³-hybridized carbons (Fsp3) is 0.0690. The van der Waals surface area contributed by atoms with Gasteiger partial charge in [0.1, 0.15) is 0 Å². The van der Waals surface area contributed by atoms with Gasteiger partial charge in [0, 0.05) is 36.1 Å². The molecule has 0 bridgehead atoms. The van der Waals surface area contributed by atoms with Crippen molar-refractivity contribution in [2.45, 2.75) is 6.18 Å². The second kappa shape index (κ2) is 10.9. The number of carbonyl (C=O) groups is 2. The highest BCUT2D eigenvalue weighted by Crippen LogP contribution is 2.32. The highest BCUT2D eigenvalue weighted by molar-refractivity contribution is 6.07. The third-order valence-electron chi connectivity index (χ3n) is 5.55. The largest absolute Gasteiger partial charge is 0.416 e. The number of alkyl halides is 3. The minimum atomic E-state index is -4.51. The lowest BCUT2D eigenvalue weighted by atomic mass is 10.1. The smallest absolute Gasteiger partial charge is 0.322 e. The SMILES string of the molecule is CN(C(=O)c1cccc(C=CC(=O)Nc2ccccc2-c2ccccn2)c1)c1cccc(C(F)(F)F)c1. The van der Waals surface area contributed by atoms with E-state index in [0.717, 1.165) is 28.3 Å². The molecule has 4 aromatic rings. The Hall–Kier alpha value is -4.72. The number of carbonyl (C=O) groups excluding carboxylic acids is 2. The highest BCUT2D eigenvalue weighted by atomic mass is 19.4. The van der Waals surface area contributed by atoms with Gasteiger partial charge >= 0.3 is 6.18 Å². The first-order valence-electron chi connectivity index (χ1n) is 11.3. The van der Waals surface area contributed by atoms with Crippen LogP contribution in [0, 0.1) is 0 Å². The monoisotopic (exact) mass is 501 g/mol. The molecule has 1 aromatic heterocycles. The number of pyridine rings is 1. The van der Waals surface area contributed by atoms with Crippen LogP contribution in [0.3, 0.4) is 0 Å². The third-order valence-corrected chi connectivity index (χ3v) is 5.55. The number of hydrogen-bond donors (Lipinski definition) is 1. The van der Waals surface area contributed by atoms with Crippen molar-refractivity contribution in [3.63, 3.8) is 0 Å². The molecule has 0 spiro atoms. The maximum Gasteiger partial charge on any atom is 0.416 e. The van der Waals surface area contributed by atoms with Crippen LogP contribution >= 0.6 is 0 Å². The molecular formula is C29H22F3N3O2. The maximum absolute atomic E-state index is 13.1. The zero-order chi connectivity index (χ0) is 26.4. The van der Waals surface area contributed by atoms with Gasteiger partial charge in [-0.1, -0.05) is 42.5 Å². The molecule has 0 radical (unpaired) electrons. The van der Waals surface area contributed by atoms with E-state index in [9.17, 15) is 22.8 Å². The van der Waals surface area contributed by atoms with Crippen molar-refractivity contribution in [2.75, 3.05) is 17.3 Å². The Labute approximate surface area is 211 Å². The summed E-state index contributed by atoms with van der Waals surface area (Å²) in [5.74, 6) is -0.857. The summed E-state index contributed by atoms with van der Waals surface area (Å²) in [6.07, 6.45) is 0.0605. The summed E-state index contributed by atoms with van der Waals surface area (Å²) in [5, 5.41) is 2.84. The van der Waals surface area contributed by atoms with Crippen LogP contribution in [0.25, 0.3) is 17.3 Å².